The maximum absolute atomic E-state index is 10.5. The lowest BCUT2D eigenvalue weighted by Crippen LogP contribution is -2.01. The molecule has 2 aromatic rings. The van der Waals surface area contributed by atoms with Crippen LogP contribution in [0.3, 0.4) is 0 Å². The van der Waals surface area contributed by atoms with Gasteiger partial charge in [0, 0.05) is 6.42 Å². The number of anilines is 1. The van der Waals surface area contributed by atoms with E-state index in [4.69, 9.17) is 4.42 Å². The van der Waals surface area contributed by atoms with E-state index in [2.05, 4.69) is 43.2 Å². The van der Waals surface area contributed by atoms with E-state index in [-0.39, 0.29) is 0 Å². The van der Waals surface area contributed by atoms with Crippen LogP contribution in [-0.2, 0) is 11.2 Å². The molecule has 1 aromatic carbocycles. The molecule has 0 bridgehead atoms. The first-order valence-corrected chi connectivity index (χ1v) is 5.81. The van der Waals surface area contributed by atoms with Gasteiger partial charge in [-0.15, -0.1) is 0 Å². The molecule has 0 aliphatic heterocycles. The average molecular weight is 244 g/mol. The molecule has 0 atom stereocenters. The Morgan fingerprint density at radius 2 is 1.94 bits per heavy atom. The molecule has 0 radical (unpaired) electrons. The third kappa shape index (κ3) is 2.42. The number of carbonyl (C=O) groups is 1. The Kier molecular flexibility index (Phi) is 3.46. The van der Waals surface area contributed by atoms with Gasteiger partial charge in [0.15, 0.2) is 18.0 Å². The molecule has 1 heterocycles. The van der Waals surface area contributed by atoms with Gasteiger partial charge in [-0.25, -0.2) is 0 Å². The Bertz CT molecular complexity index is 550. The second-order valence-corrected chi connectivity index (χ2v) is 4.44. The van der Waals surface area contributed by atoms with Crippen LogP contribution in [0.2, 0.25) is 0 Å². The first-order valence-electron chi connectivity index (χ1n) is 5.81. The number of nitrogens with one attached hydrogen (secondary N) is 1. The molecule has 0 spiro atoms. The number of oxazole rings is 1. The third-order valence-corrected chi connectivity index (χ3v) is 3.01. The van der Waals surface area contributed by atoms with Crippen molar-refractivity contribution in [2.45, 2.75) is 27.2 Å². The second kappa shape index (κ2) is 5.04. The minimum Gasteiger partial charge on any atom is -0.446 e. The number of aromatic nitrogens is 1. The van der Waals surface area contributed by atoms with E-state index in [1.165, 1.54) is 28.6 Å². The maximum atomic E-state index is 10.5. The molecule has 18 heavy (non-hydrogen) atoms. The second-order valence-electron chi connectivity index (χ2n) is 4.44. The van der Waals surface area contributed by atoms with Crippen molar-refractivity contribution in [2.24, 2.45) is 0 Å². The fourth-order valence-electron chi connectivity index (χ4n) is 2.22. The highest BCUT2D eigenvalue weighted by atomic mass is 16.3. The Balaban J connectivity index is 2.34. The van der Waals surface area contributed by atoms with Gasteiger partial charge in [-0.3, -0.25) is 4.79 Å². The summed E-state index contributed by atoms with van der Waals surface area (Å²) in [5.74, 6) is 1.17. The molecule has 94 valence electrons. The van der Waals surface area contributed by atoms with Gasteiger partial charge in [-0.05, 0) is 37.5 Å². The van der Waals surface area contributed by atoms with Crippen molar-refractivity contribution in [3.8, 4) is 0 Å². The Labute approximate surface area is 106 Å². The minimum atomic E-state index is 0.490. The van der Waals surface area contributed by atoms with Crippen molar-refractivity contribution < 1.29 is 9.21 Å². The lowest BCUT2D eigenvalue weighted by Gasteiger charge is -2.10. The van der Waals surface area contributed by atoms with Gasteiger partial charge in [0.2, 0.25) is 6.41 Å². The number of carbonyl (C=O) groups excluding carboxylic acids is 1. The Morgan fingerprint density at radius 1 is 1.28 bits per heavy atom. The van der Waals surface area contributed by atoms with Crippen molar-refractivity contribution in [3.05, 3.63) is 46.5 Å². The SMILES string of the molecule is Cc1cc(C)c(Cc2ocnc2NC=O)c(C)c1. The zero-order valence-electron chi connectivity index (χ0n) is 10.8. The van der Waals surface area contributed by atoms with Crippen LogP contribution in [0.5, 0.6) is 0 Å². The van der Waals surface area contributed by atoms with E-state index < -0.39 is 0 Å². The molecule has 4 heteroatoms. The number of aryl methyl sites for hydroxylation is 3. The van der Waals surface area contributed by atoms with Gasteiger partial charge in [-0.2, -0.15) is 4.98 Å². The normalized spacial score (nSPS) is 10.4. The summed E-state index contributed by atoms with van der Waals surface area (Å²) in [6, 6.07) is 4.29. The van der Waals surface area contributed by atoms with E-state index in [1.54, 1.807) is 0 Å². The van der Waals surface area contributed by atoms with Gasteiger partial charge < -0.3 is 9.73 Å². The molecular weight excluding hydrogens is 228 g/mol. The average Bonchev–Trinajstić information content (AvgIpc) is 2.71. The molecule has 4 nitrogen and oxygen atoms in total. The fourth-order valence-corrected chi connectivity index (χ4v) is 2.22. The van der Waals surface area contributed by atoms with Crippen molar-refractivity contribution in [3.63, 3.8) is 0 Å². The van der Waals surface area contributed by atoms with E-state index in [9.17, 15) is 4.79 Å². The number of nitrogens with zero attached hydrogens (tertiary/aromatic N) is 1. The van der Waals surface area contributed by atoms with Crippen LogP contribution in [0.1, 0.15) is 28.0 Å². The van der Waals surface area contributed by atoms with E-state index >= 15 is 0 Å². The summed E-state index contributed by atoms with van der Waals surface area (Å²) in [6.45, 7) is 6.24. The van der Waals surface area contributed by atoms with Crippen molar-refractivity contribution in [1.29, 1.82) is 0 Å². The van der Waals surface area contributed by atoms with Gasteiger partial charge in [0.05, 0.1) is 0 Å². The number of benzene rings is 1. The molecule has 0 saturated heterocycles. The quantitative estimate of drug-likeness (QED) is 0.841. The van der Waals surface area contributed by atoms with E-state index in [1.807, 2.05) is 0 Å². The van der Waals surface area contributed by atoms with E-state index in [0.717, 1.165) is 0 Å². The largest absolute Gasteiger partial charge is 0.446 e. The first kappa shape index (κ1) is 12.4. The number of hydrogen-bond acceptors (Lipinski definition) is 3. The summed E-state index contributed by atoms with van der Waals surface area (Å²) in [7, 11) is 0. The van der Waals surface area contributed by atoms with Crippen LogP contribution >= 0.6 is 0 Å². The third-order valence-electron chi connectivity index (χ3n) is 3.01. The van der Waals surface area contributed by atoms with Gasteiger partial charge in [0.1, 0.15) is 0 Å². The van der Waals surface area contributed by atoms with E-state index in [0.29, 0.717) is 24.4 Å². The van der Waals surface area contributed by atoms with Crippen LogP contribution < -0.4 is 5.32 Å². The molecular formula is C14H16N2O2. The topological polar surface area (TPSA) is 55.1 Å². The van der Waals surface area contributed by atoms with Gasteiger partial charge in [-0.1, -0.05) is 17.7 Å². The van der Waals surface area contributed by atoms with Crippen molar-refractivity contribution in [2.75, 3.05) is 5.32 Å². The summed E-state index contributed by atoms with van der Waals surface area (Å²) in [5.41, 5.74) is 4.91. The van der Waals surface area contributed by atoms with Gasteiger partial charge >= 0.3 is 0 Å². The molecule has 1 amide bonds. The Hall–Kier alpha value is -2.10. The predicted molar refractivity (Wildman–Crippen MR) is 69.6 cm³/mol. The van der Waals surface area contributed by atoms with Gasteiger partial charge in [0.25, 0.3) is 0 Å². The highest BCUT2D eigenvalue weighted by Gasteiger charge is 2.12. The monoisotopic (exact) mass is 244 g/mol. The standard InChI is InChI=1S/C14H16N2O2/c1-9-4-10(2)12(11(3)5-9)6-13-14(15-7-17)16-8-18-13/h4-5,7-8H,6H2,1-3H3,(H,15,17). The molecule has 0 fully saturated rings. The molecule has 2 rings (SSSR count). The molecule has 1 aromatic heterocycles. The fraction of sp³-hybridized carbons (Fsp3) is 0.286. The smallest absolute Gasteiger partial charge is 0.212 e. The Morgan fingerprint density at radius 3 is 2.56 bits per heavy atom. The van der Waals surface area contributed by atoms with Crippen LogP contribution in [-0.4, -0.2) is 11.4 Å². The lowest BCUT2D eigenvalue weighted by atomic mass is 9.96. The summed E-state index contributed by atoms with van der Waals surface area (Å²) >= 11 is 0. The highest BCUT2D eigenvalue weighted by molar-refractivity contribution is 5.69. The summed E-state index contributed by atoms with van der Waals surface area (Å²) in [6.07, 6.45) is 2.59. The first-order chi connectivity index (χ1) is 8.61. The van der Waals surface area contributed by atoms with Crippen LogP contribution in [0.4, 0.5) is 5.82 Å². The van der Waals surface area contributed by atoms with Crippen LogP contribution in [0, 0.1) is 20.8 Å². The number of rotatable bonds is 4. The zero-order chi connectivity index (χ0) is 13.1. The molecule has 0 saturated carbocycles. The molecule has 0 unspecified atom stereocenters. The minimum absolute atomic E-state index is 0.490. The number of hydrogen-bond donors (Lipinski definition) is 1. The van der Waals surface area contributed by atoms with Crippen molar-refractivity contribution >= 4 is 12.2 Å². The summed E-state index contributed by atoms with van der Waals surface area (Å²) in [4.78, 5) is 14.4. The zero-order valence-corrected chi connectivity index (χ0v) is 10.8. The van der Waals surface area contributed by atoms with Crippen LogP contribution in [0.15, 0.2) is 22.9 Å². The number of amides is 1. The maximum Gasteiger partial charge on any atom is 0.212 e. The molecule has 0 aliphatic rings. The molecule has 0 aliphatic carbocycles. The highest BCUT2D eigenvalue weighted by Crippen LogP contribution is 2.23. The summed E-state index contributed by atoms with van der Waals surface area (Å²) in [5, 5.41) is 2.54. The predicted octanol–water partition coefficient (Wildman–Crippen LogP) is 2.76. The lowest BCUT2D eigenvalue weighted by molar-refractivity contribution is -0.105. The summed E-state index contributed by atoms with van der Waals surface area (Å²) < 4.78 is 5.33. The van der Waals surface area contributed by atoms with Crippen molar-refractivity contribution in [1.82, 2.24) is 4.98 Å². The van der Waals surface area contributed by atoms with Crippen LogP contribution in [0.25, 0.3) is 0 Å². The molecule has 1 N–H and O–H groups in total.